The zero-order chi connectivity index (χ0) is 17.2. The molecule has 1 amide bonds. The van der Waals surface area contributed by atoms with E-state index in [4.69, 9.17) is 5.73 Å². The molecule has 0 radical (unpaired) electrons. The quantitative estimate of drug-likeness (QED) is 0.806. The van der Waals surface area contributed by atoms with Gasteiger partial charge < -0.3 is 16.0 Å². The van der Waals surface area contributed by atoms with Gasteiger partial charge in [-0.05, 0) is 50.8 Å². The number of hydrogen-bond donors (Lipinski definition) is 2. The topological polar surface area (TPSA) is 58.4 Å². The lowest BCUT2D eigenvalue weighted by atomic mass is 9.74. The Bertz CT molecular complexity index is 600. The number of rotatable bonds is 3. The molecule has 1 saturated carbocycles. The number of nitrogens with zero attached hydrogens (tertiary/aromatic N) is 1. The number of halogens is 3. The van der Waals surface area contributed by atoms with Crippen molar-refractivity contribution in [2.24, 2.45) is 11.7 Å². The lowest BCUT2D eigenvalue weighted by Crippen LogP contribution is -2.56. The Balaban J connectivity index is 0.00000169. The number of carbonyl (C=O) groups is 1. The highest BCUT2D eigenvalue weighted by molar-refractivity contribution is 5.85. The minimum atomic E-state index is -0.404. The molecule has 2 fully saturated rings. The average Bonchev–Trinajstić information content (AvgIpc) is 2.54. The van der Waals surface area contributed by atoms with E-state index in [1.807, 2.05) is 13.0 Å². The number of piperidine rings is 1. The minimum Gasteiger partial charge on any atom is -0.369 e. The van der Waals surface area contributed by atoms with Crippen molar-refractivity contribution in [1.29, 1.82) is 0 Å². The van der Waals surface area contributed by atoms with Crippen molar-refractivity contribution in [2.45, 2.75) is 57.0 Å². The van der Waals surface area contributed by atoms with Crippen LogP contribution in [0.4, 0.5) is 10.1 Å². The summed E-state index contributed by atoms with van der Waals surface area (Å²) in [7, 11) is 0. The van der Waals surface area contributed by atoms with Gasteiger partial charge in [-0.1, -0.05) is 18.9 Å². The van der Waals surface area contributed by atoms with E-state index in [0.717, 1.165) is 57.3 Å². The standard InChI is InChI=1S/C19H28FN3O.2ClH/c1-19(21)10-3-2-9-17(19)18(24)22-15-7-5-11-23(13-15)16-8-4-6-14(20)12-16;;/h4,6,8,12,15,17H,2-3,5,7,9-11,13,21H2,1H3,(H,22,24);2*1H. The monoisotopic (exact) mass is 405 g/mol. The Kier molecular flexibility index (Phi) is 8.64. The van der Waals surface area contributed by atoms with Crippen LogP contribution in [0.3, 0.4) is 0 Å². The Labute approximate surface area is 167 Å². The smallest absolute Gasteiger partial charge is 0.225 e. The molecule has 0 bridgehead atoms. The van der Waals surface area contributed by atoms with Gasteiger partial charge in [0.1, 0.15) is 5.82 Å². The molecule has 0 spiro atoms. The van der Waals surface area contributed by atoms with Crippen LogP contribution in [0.5, 0.6) is 0 Å². The molecule has 3 atom stereocenters. The molecule has 148 valence electrons. The highest BCUT2D eigenvalue weighted by Gasteiger charge is 2.38. The maximum atomic E-state index is 13.4. The number of benzene rings is 1. The molecule has 0 aromatic heterocycles. The maximum Gasteiger partial charge on any atom is 0.225 e. The first-order chi connectivity index (χ1) is 11.5. The molecule has 1 heterocycles. The maximum absolute atomic E-state index is 13.4. The third kappa shape index (κ3) is 5.48. The van der Waals surface area contributed by atoms with Gasteiger partial charge in [-0.15, -0.1) is 24.8 Å². The Hall–Kier alpha value is -1.04. The average molecular weight is 406 g/mol. The molecule has 1 aromatic carbocycles. The van der Waals surface area contributed by atoms with E-state index in [-0.39, 0.29) is 48.5 Å². The first-order valence-electron chi connectivity index (χ1n) is 9.05. The normalized spacial score (nSPS) is 28.5. The summed E-state index contributed by atoms with van der Waals surface area (Å²) in [6.07, 6.45) is 5.92. The predicted molar refractivity (Wildman–Crippen MR) is 109 cm³/mol. The van der Waals surface area contributed by atoms with Gasteiger partial charge in [0.25, 0.3) is 0 Å². The van der Waals surface area contributed by atoms with Gasteiger partial charge in [0.15, 0.2) is 0 Å². The summed E-state index contributed by atoms with van der Waals surface area (Å²) in [5, 5.41) is 3.20. The van der Waals surface area contributed by atoms with E-state index in [1.165, 1.54) is 6.07 Å². The van der Waals surface area contributed by atoms with Crippen molar-refractivity contribution < 1.29 is 9.18 Å². The molecule has 4 nitrogen and oxygen atoms in total. The largest absolute Gasteiger partial charge is 0.369 e. The molecule has 1 saturated heterocycles. The third-order valence-electron chi connectivity index (χ3n) is 5.51. The summed E-state index contributed by atoms with van der Waals surface area (Å²) in [5.74, 6) is -0.235. The summed E-state index contributed by atoms with van der Waals surface area (Å²) < 4.78 is 13.4. The third-order valence-corrected chi connectivity index (χ3v) is 5.51. The molecule has 2 aliphatic rings. The first-order valence-corrected chi connectivity index (χ1v) is 9.05. The lowest BCUT2D eigenvalue weighted by molar-refractivity contribution is -0.128. The highest BCUT2D eigenvalue weighted by atomic mass is 35.5. The summed E-state index contributed by atoms with van der Waals surface area (Å²) in [5.41, 5.74) is 6.83. The SMILES string of the molecule is CC1(N)CCCCC1C(=O)NC1CCCN(c2cccc(F)c2)C1.Cl.Cl. The van der Waals surface area contributed by atoms with Crippen LogP contribution in [0.15, 0.2) is 24.3 Å². The van der Waals surface area contributed by atoms with E-state index < -0.39 is 5.54 Å². The lowest BCUT2D eigenvalue weighted by Gasteiger charge is -2.40. The van der Waals surface area contributed by atoms with Crippen LogP contribution in [0.2, 0.25) is 0 Å². The number of carbonyl (C=O) groups excluding carboxylic acids is 1. The number of anilines is 1. The first kappa shape index (κ1) is 23.0. The second-order valence-corrected chi connectivity index (χ2v) is 7.58. The molecule has 3 unspecified atom stereocenters. The van der Waals surface area contributed by atoms with Crippen molar-refractivity contribution in [2.75, 3.05) is 18.0 Å². The van der Waals surface area contributed by atoms with Gasteiger partial charge >= 0.3 is 0 Å². The Morgan fingerprint density at radius 2 is 2.04 bits per heavy atom. The van der Waals surface area contributed by atoms with E-state index in [9.17, 15) is 9.18 Å². The van der Waals surface area contributed by atoms with Gasteiger partial charge in [0.05, 0.1) is 5.92 Å². The number of hydrogen-bond acceptors (Lipinski definition) is 3. The van der Waals surface area contributed by atoms with E-state index in [1.54, 1.807) is 12.1 Å². The number of nitrogens with one attached hydrogen (secondary N) is 1. The van der Waals surface area contributed by atoms with Gasteiger partial charge in [-0.25, -0.2) is 4.39 Å². The second kappa shape index (κ2) is 9.77. The summed E-state index contributed by atoms with van der Waals surface area (Å²) in [6, 6.07) is 6.77. The minimum absolute atomic E-state index is 0. The van der Waals surface area contributed by atoms with Crippen molar-refractivity contribution in [3.05, 3.63) is 30.1 Å². The van der Waals surface area contributed by atoms with Crippen molar-refractivity contribution >= 4 is 36.4 Å². The summed E-state index contributed by atoms with van der Waals surface area (Å²) in [4.78, 5) is 14.9. The van der Waals surface area contributed by atoms with Crippen LogP contribution in [0.25, 0.3) is 0 Å². The number of amides is 1. The summed E-state index contributed by atoms with van der Waals surface area (Å²) in [6.45, 7) is 3.62. The van der Waals surface area contributed by atoms with Crippen LogP contribution >= 0.6 is 24.8 Å². The van der Waals surface area contributed by atoms with Crippen molar-refractivity contribution in [3.63, 3.8) is 0 Å². The molecule has 1 aliphatic heterocycles. The summed E-state index contributed by atoms with van der Waals surface area (Å²) >= 11 is 0. The van der Waals surface area contributed by atoms with E-state index in [0.29, 0.717) is 0 Å². The molecular weight excluding hydrogens is 376 g/mol. The molecule has 3 rings (SSSR count). The molecule has 26 heavy (non-hydrogen) atoms. The fourth-order valence-electron chi connectivity index (χ4n) is 4.09. The fourth-order valence-corrected chi connectivity index (χ4v) is 4.09. The fraction of sp³-hybridized carbons (Fsp3) is 0.632. The van der Waals surface area contributed by atoms with Crippen LogP contribution < -0.4 is 16.0 Å². The number of nitrogens with two attached hydrogens (primary N) is 1. The van der Waals surface area contributed by atoms with Gasteiger partial charge in [0, 0.05) is 30.4 Å². The zero-order valence-electron chi connectivity index (χ0n) is 15.2. The molecule has 7 heteroatoms. The predicted octanol–water partition coefficient (Wildman–Crippen LogP) is 3.66. The van der Waals surface area contributed by atoms with Crippen molar-refractivity contribution in [1.82, 2.24) is 5.32 Å². The molecule has 1 aromatic rings. The second-order valence-electron chi connectivity index (χ2n) is 7.58. The van der Waals surface area contributed by atoms with Gasteiger partial charge in [-0.3, -0.25) is 4.79 Å². The van der Waals surface area contributed by atoms with Crippen LogP contribution in [-0.2, 0) is 4.79 Å². The van der Waals surface area contributed by atoms with Crippen LogP contribution in [-0.4, -0.2) is 30.6 Å². The molecule has 3 N–H and O–H groups in total. The highest BCUT2D eigenvalue weighted by Crippen LogP contribution is 2.32. The van der Waals surface area contributed by atoms with Crippen molar-refractivity contribution in [3.8, 4) is 0 Å². The van der Waals surface area contributed by atoms with E-state index in [2.05, 4.69) is 10.2 Å². The van der Waals surface area contributed by atoms with Gasteiger partial charge in [-0.2, -0.15) is 0 Å². The van der Waals surface area contributed by atoms with Gasteiger partial charge in [0.2, 0.25) is 5.91 Å². The zero-order valence-corrected chi connectivity index (χ0v) is 16.9. The van der Waals surface area contributed by atoms with Crippen LogP contribution in [0.1, 0.15) is 45.4 Å². The van der Waals surface area contributed by atoms with Crippen LogP contribution in [0, 0.1) is 11.7 Å². The Morgan fingerprint density at radius 1 is 1.27 bits per heavy atom. The van der Waals surface area contributed by atoms with E-state index >= 15 is 0 Å². The molecule has 1 aliphatic carbocycles. The Morgan fingerprint density at radius 3 is 2.73 bits per heavy atom. The molecular formula is C19H30Cl2FN3O.